The molecule has 0 aliphatic heterocycles. The highest BCUT2D eigenvalue weighted by atomic mass is 16.6. The van der Waals surface area contributed by atoms with Crippen molar-refractivity contribution in [2.75, 3.05) is 6.54 Å². The summed E-state index contributed by atoms with van der Waals surface area (Å²) >= 11 is 0. The van der Waals surface area contributed by atoms with Crippen LogP contribution in [0, 0.1) is 5.92 Å². The number of hydrogen-bond acceptors (Lipinski definition) is 4. The zero-order valence-electron chi connectivity index (χ0n) is 20.6. The molecule has 2 aromatic carbocycles. The molecule has 0 spiro atoms. The van der Waals surface area contributed by atoms with Crippen molar-refractivity contribution < 1.29 is 14.3 Å². The van der Waals surface area contributed by atoms with Crippen LogP contribution >= 0.6 is 0 Å². The molecule has 7 heteroatoms. The third-order valence-electron chi connectivity index (χ3n) is 7.10. The maximum absolute atomic E-state index is 13.5. The Morgan fingerprint density at radius 1 is 1.11 bits per heavy atom. The molecule has 1 aliphatic rings. The SMILES string of the molecule is C[C@@H]1CCCC[C@H]1OC(=O)N[C@](C)(Cc1c[nH]c2ccccc12)C(=O)NC[C@H](N)c1ccccc1. The molecule has 0 saturated heterocycles. The first-order valence-electron chi connectivity index (χ1n) is 12.5. The van der Waals surface area contributed by atoms with Crippen LogP contribution in [-0.4, -0.2) is 35.2 Å². The van der Waals surface area contributed by atoms with E-state index >= 15 is 0 Å². The number of ether oxygens (including phenoxy) is 1. The first-order chi connectivity index (χ1) is 16.9. The minimum absolute atomic E-state index is 0.129. The molecule has 1 heterocycles. The quantitative estimate of drug-likeness (QED) is 0.381. The Morgan fingerprint density at radius 3 is 2.60 bits per heavy atom. The lowest BCUT2D eigenvalue weighted by Crippen LogP contribution is -2.59. The average molecular weight is 477 g/mol. The molecule has 0 radical (unpaired) electrons. The van der Waals surface area contributed by atoms with E-state index in [1.807, 2.05) is 60.8 Å². The minimum atomic E-state index is -1.23. The molecule has 1 fully saturated rings. The summed E-state index contributed by atoms with van der Waals surface area (Å²) in [6, 6.07) is 17.2. The molecule has 4 atom stereocenters. The van der Waals surface area contributed by atoms with Gasteiger partial charge in [0.15, 0.2) is 0 Å². The number of carbonyl (C=O) groups excluding carboxylic acids is 2. The third kappa shape index (κ3) is 6.03. The lowest BCUT2D eigenvalue weighted by atomic mass is 9.88. The van der Waals surface area contributed by atoms with Crippen molar-refractivity contribution >= 4 is 22.9 Å². The van der Waals surface area contributed by atoms with Crippen LogP contribution in [0.15, 0.2) is 60.8 Å². The van der Waals surface area contributed by atoms with Crippen molar-refractivity contribution in [3.05, 3.63) is 71.9 Å². The number of nitrogens with two attached hydrogens (primary N) is 1. The second-order valence-corrected chi connectivity index (χ2v) is 9.93. The Labute approximate surface area is 206 Å². The number of carbonyl (C=O) groups is 2. The summed E-state index contributed by atoms with van der Waals surface area (Å²) in [5.41, 5.74) is 7.94. The van der Waals surface area contributed by atoms with Crippen LogP contribution in [0.5, 0.6) is 0 Å². The van der Waals surface area contributed by atoms with E-state index in [0.717, 1.165) is 47.7 Å². The van der Waals surface area contributed by atoms with Crippen molar-refractivity contribution in [3.8, 4) is 0 Å². The van der Waals surface area contributed by atoms with E-state index in [1.165, 1.54) is 0 Å². The normalized spacial score (nSPS) is 20.5. The molecule has 7 nitrogen and oxygen atoms in total. The van der Waals surface area contributed by atoms with Crippen LogP contribution < -0.4 is 16.4 Å². The smallest absolute Gasteiger partial charge is 0.408 e. The summed E-state index contributed by atoms with van der Waals surface area (Å²) < 4.78 is 5.79. The highest BCUT2D eigenvalue weighted by Crippen LogP contribution is 2.27. The van der Waals surface area contributed by atoms with Gasteiger partial charge in [0.05, 0.1) is 0 Å². The number of alkyl carbamates (subject to hydrolysis) is 1. The highest BCUT2D eigenvalue weighted by molar-refractivity contribution is 5.91. The van der Waals surface area contributed by atoms with Gasteiger partial charge in [-0.25, -0.2) is 4.79 Å². The summed E-state index contributed by atoms with van der Waals surface area (Å²) in [7, 11) is 0. The predicted octanol–water partition coefficient (Wildman–Crippen LogP) is 4.59. The molecule has 0 bridgehead atoms. The van der Waals surface area contributed by atoms with Crippen LogP contribution in [0.25, 0.3) is 10.9 Å². The maximum atomic E-state index is 13.5. The van der Waals surface area contributed by atoms with Gasteiger partial charge in [-0.3, -0.25) is 4.79 Å². The lowest BCUT2D eigenvalue weighted by Gasteiger charge is -2.33. The van der Waals surface area contributed by atoms with Crippen molar-refractivity contribution in [1.82, 2.24) is 15.6 Å². The van der Waals surface area contributed by atoms with Gasteiger partial charge in [0.25, 0.3) is 0 Å². The second-order valence-electron chi connectivity index (χ2n) is 9.93. The average Bonchev–Trinajstić information content (AvgIpc) is 3.26. The summed E-state index contributed by atoms with van der Waals surface area (Å²) in [6.07, 6.45) is 5.61. The molecule has 0 unspecified atom stereocenters. The molecule has 2 amide bonds. The minimum Gasteiger partial charge on any atom is -0.446 e. The summed E-state index contributed by atoms with van der Waals surface area (Å²) in [6.45, 7) is 4.10. The molecular weight excluding hydrogens is 440 g/mol. The third-order valence-corrected chi connectivity index (χ3v) is 7.10. The van der Waals surface area contributed by atoms with Crippen LogP contribution in [0.3, 0.4) is 0 Å². The molecule has 4 rings (SSSR count). The fourth-order valence-corrected chi connectivity index (χ4v) is 4.91. The number of hydrogen-bond donors (Lipinski definition) is 4. The van der Waals surface area contributed by atoms with Gasteiger partial charge < -0.3 is 26.1 Å². The largest absolute Gasteiger partial charge is 0.446 e. The number of para-hydroxylation sites is 1. The van der Waals surface area contributed by atoms with E-state index < -0.39 is 11.6 Å². The predicted molar refractivity (Wildman–Crippen MR) is 138 cm³/mol. The summed E-state index contributed by atoms with van der Waals surface area (Å²) in [5.74, 6) is 0.00914. The monoisotopic (exact) mass is 476 g/mol. The number of nitrogens with one attached hydrogen (secondary N) is 3. The molecule has 5 N–H and O–H groups in total. The van der Waals surface area contributed by atoms with Gasteiger partial charge in [0.2, 0.25) is 5.91 Å². The van der Waals surface area contributed by atoms with Gasteiger partial charge >= 0.3 is 6.09 Å². The van der Waals surface area contributed by atoms with Crippen LogP contribution in [0.1, 0.15) is 56.7 Å². The summed E-state index contributed by atoms with van der Waals surface area (Å²) in [5, 5.41) is 6.87. The zero-order valence-corrected chi connectivity index (χ0v) is 20.6. The van der Waals surface area contributed by atoms with Crippen molar-refractivity contribution in [1.29, 1.82) is 0 Å². The van der Waals surface area contributed by atoms with E-state index in [0.29, 0.717) is 12.3 Å². The van der Waals surface area contributed by atoms with Gasteiger partial charge in [0.1, 0.15) is 11.6 Å². The first-order valence-corrected chi connectivity index (χ1v) is 12.5. The Hall–Kier alpha value is -3.32. The van der Waals surface area contributed by atoms with Crippen molar-refractivity contribution in [2.45, 2.75) is 63.6 Å². The molecule has 3 aromatic rings. The summed E-state index contributed by atoms with van der Waals surface area (Å²) in [4.78, 5) is 29.7. The highest BCUT2D eigenvalue weighted by Gasteiger charge is 2.37. The van der Waals surface area contributed by atoms with E-state index in [4.69, 9.17) is 10.5 Å². The van der Waals surface area contributed by atoms with E-state index in [9.17, 15) is 9.59 Å². The van der Waals surface area contributed by atoms with E-state index in [-0.39, 0.29) is 24.6 Å². The second kappa shape index (κ2) is 11.0. The zero-order chi connectivity index (χ0) is 24.8. The number of rotatable bonds is 8. The van der Waals surface area contributed by atoms with Gasteiger partial charge in [0, 0.05) is 36.1 Å². The van der Waals surface area contributed by atoms with Gasteiger partial charge in [-0.1, -0.05) is 61.9 Å². The van der Waals surface area contributed by atoms with E-state index in [1.54, 1.807) is 6.92 Å². The number of aromatic nitrogens is 1. The van der Waals surface area contributed by atoms with Crippen LogP contribution in [0.4, 0.5) is 4.79 Å². The molecule has 35 heavy (non-hydrogen) atoms. The number of aromatic amines is 1. The fraction of sp³-hybridized carbons (Fsp3) is 0.429. The van der Waals surface area contributed by atoms with Gasteiger partial charge in [-0.2, -0.15) is 0 Å². The van der Waals surface area contributed by atoms with E-state index in [2.05, 4.69) is 22.5 Å². The van der Waals surface area contributed by atoms with Gasteiger partial charge in [-0.05, 0) is 49.3 Å². The number of amides is 2. The lowest BCUT2D eigenvalue weighted by molar-refractivity contribution is -0.127. The Bertz CT molecular complexity index is 1150. The fourth-order valence-electron chi connectivity index (χ4n) is 4.91. The molecular formula is C28H36N4O3. The Morgan fingerprint density at radius 2 is 1.83 bits per heavy atom. The number of benzene rings is 2. The molecule has 1 aliphatic carbocycles. The Balaban J connectivity index is 1.50. The first kappa shape index (κ1) is 24.8. The number of fused-ring (bicyclic) bond motifs is 1. The molecule has 186 valence electrons. The van der Waals surface area contributed by atoms with Crippen LogP contribution in [-0.2, 0) is 16.0 Å². The van der Waals surface area contributed by atoms with Gasteiger partial charge in [-0.15, -0.1) is 0 Å². The molecule has 1 aromatic heterocycles. The van der Waals surface area contributed by atoms with Crippen molar-refractivity contribution in [2.24, 2.45) is 11.7 Å². The Kier molecular flexibility index (Phi) is 7.76. The molecule has 1 saturated carbocycles. The standard InChI is InChI=1S/C28H36N4O3/c1-19-10-6-9-15-25(19)35-27(34)32-28(2,16-21-17-30-24-14-8-7-13-22(21)24)26(33)31-18-23(29)20-11-4-3-5-12-20/h3-5,7-8,11-14,17,19,23,25,30H,6,9-10,15-16,18,29H2,1-2H3,(H,31,33)(H,32,34)/t19-,23+,25-,28-/m1/s1. The van der Waals surface area contributed by atoms with Crippen LogP contribution in [0.2, 0.25) is 0 Å². The number of H-pyrrole nitrogens is 1. The van der Waals surface area contributed by atoms with Crippen molar-refractivity contribution in [3.63, 3.8) is 0 Å². The topological polar surface area (TPSA) is 109 Å². The maximum Gasteiger partial charge on any atom is 0.408 e.